The van der Waals surface area contributed by atoms with Crippen LogP contribution in [0.3, 0.4) is 0 Å². The zero-order valence-electron chi connectivity index (χ0n) is 10.7. The van der Waals surface area contributed by atoms with Crippen LogP contribution in [0.2, 0.25) is 0 Å². The molecule has 2 unspecified atom stereocenters. The third-order valence-electron chi connectivity index (χ3n) is 4.38. The molecule has 0 aromatic rings. The molecule has 0 bridgehead atoms. The summed E-state index contributed by atoms with van der Waals surface area (Å²) in [5.41, 5.74) is 0. The Balaban J connectivity index is 1.98. The van der Waals surface area contributed by atoms with Crippen molar-refractivity contribution < 1.29 is 13.5 Å². The molecule has 0 amide bonds. The summed E-state index contributed by atoms with van der Waals surface area (Å²) in [5, 5.41) is 9.86. The quantitative estimate of drug-likeness (QED) is 0.793. The smallest absolute Gasteiger partial charge is 0.154 e. The van der Waals surface area contributed by atoms with Crippen molar-refractivity contribution >= 4 is 9.84 Å². The van der Waals surface area contributed by atoms with Gasteiger partial charge in [0.25, 0.3) is 0 Å². The lowest BCUT2D eigenvalue weighted by Gasteiger charge is -2.37. The second-order valence-electron chi connectivity index (χ2n) is 5.79. The fourth-order valence-corrected chi connectivity index (χ4v) is 4.98. The molecule has 0 aromatic carbocycles. The highest BCUT2D eigenvalue weighted by Crippen LogP contribution is 2.29. The van der Waals surface area contributed by atoms with Crippen LogP contribution in [0.25, 0.3) is 0 Å². The molecule has 1 N–H and O–H groups in total. The average molecular weight is 261 g/mol. The Labute approximate surface area is 104 Å². The van der Waals surface area contributed by atoms with Gasteiger partial charge in [0.2, 0.25) is 0 Å². The number of nitrogens with zero attached hydrogens (tertiary/aromatic N) is 1. The van der Waals surface area contributed by atoms with Crippen LogP contribution in [0, 0.1) is 5.92 Å². The second-order valence-corrected chi connectivity index (χ2v) is 7.94. The van der Waals surface area contributed by atoms with Gasteiger partial charge in [0.1, 0.15) is 0 Å². The first kappa shape index (κ1) is 13.3. The molecule has 2 atom stereocenters. The Morgan fingerprint density at radius 2 is 1.71 bits per heavy atom. The van der Waals surface area contributed by atoms with E-state index in [9.17, 15) is 13.5 Å². The van der Waals surface area contributed by atoms with E-state index in [2.05, 4.69) is 11.8 Å². The van der Waals surface area contributed by atoms with E-state index in [0.29, 0.717) is 6.04 Å². The number of hydrogen-bond donors (Lipinski definition) is 1. The largest absolute Gasteiger partial charge is 0.390 e. The third kappa shape index (κ3) is 3.01. The molecule has 1 heterocycles. The lowest BCUT2D eigenvalue weighted by atomic mass is 9.86. The van der Waals surface area contributed by atoms with Crippen LogP contribution in [-0.4, -0.2) is 55.2 Å². The van der Waals surface area contributed by atoms with E-state index in [0.717, 1.165) is 18.8 Å². The number of sulfone groups is 1. The summed E-state index contributed by atoms with van der Waals surface area (Å²) in [4.78, 5) is 2.11. The molecular weight excluding hydrogens is 238 g/mol. The van der Waals surface area contributed by atoms with E-state index >= 15 is 0 Å². The molecular formula is C12H23NO3S. The van der Waals surface area contributed by atoms with Crippen molar-refractivity contribution in [1.82, 2.24) is 4.90 Å². The Morgan fingerprint density at radius 1 is 1.12 bits per heavy atom. The summed E-state index contributed by atoms with van der Waals surface area (Å²) >= 11 is 0. The molecule has 2 fully saturated rings. The van der Waals surface area contributed by atoms with Crippen molar-refractivity contribution in [3.63, 3.8) is 0 Å². The third-order valence-corrected chi connectivity index (χ3v) is 6.08. The highest BCUT2D eigenvalue weighted by Gasteiger charge is 2.40. The maximum atomic E-state index is 11.5. The molecule has 2 aliphatic rings. The minimum Gasteiger partial charge on any atom is -0.390 e. The number of aliphatic hydroxyl groups is 1. The fraction of sp³-hybridized carbons (Fsp3) is 1.00. The van der Waals surface area contributed by atoms with E-state index in [4.69, 9.17) is 0 Å². The van der Waals surface area contributed by atoms with Gasteiger partial charge in [-0.25, -0.2) is 8.42 Å². The number of aliphatic hydroxyl groups excluding tert-OH is 1. The fourth-order valence-electron chi connectivity index (χ4n) is 3.12. The molecule has 1 aliphatic heterocycles. The predicted molar refractivity (Wildman–Crippen MR) is 67.6 cm³/mol. The molecule has 5 heteroatoms. The Morgan fingerprint density at radius 3 is 2.18 bits per heavy atom. The molecule has 1 saturated carbocycles. The number of hydrogen-bond acceptors (Lipinski definition) is 4. The standard InChI is InChI=1S/C12H23NO3S/c1-9-3-5-10(6-4-9)13(2)11-7-17(15,16)8-12(11)14/h9-12,14H,3-8H2,1-2H3. The van der Waals surface area contributed by atoms with Crippen LogP contribution in [0.1, 0.15) is 32.6 Å². The van der Waals surface area contributed by atoms with Crippen molar-refractivity contribution in [2.45, 2.75) is 50.8 Å². The molecule has 1 saturated heterocycles. The maximum Gasteiger partial charge on any atom is 0.154 e. The van der Waals surface area contributed by atoms with Crippen molar-refractivity contribution in [2.75, 3.05) is 18.6 Å². The molecule has 0 aromatic heterocycles. The summed E-state index contributed by atoms with van der Waals surface area (Å²) < 4.78 is 23.0. The van der Waals surface area contributed by atoms with Gasteiger partial charge < -0.3 is 5.11 Å². The van der Waals surface area contributed by atoms with Crippen molar-refractivity contribution in [3.05, 3.63) is 0 Å². The summed E-state index contributed by atoms with van der Waals surface area (Å²) in [7, 11) is -1.06. The van der Waals surface area contributed by atoms with E-state index in [1.54, 1.807) is 0 Å². The van der Waals surface area contributed by atoms with Gasteiger partial charge in [0.05, 0.1) is 23.7 Å². The molecule has 17 heavy (non-hydrogen) atoms. The summed E-state index contributed by atoms with van der Waals surface area (Å²) in [6.45, 7) is 2.27. The first-order chi connectivity index (χ1) is 7.89. The van der Waals surface area contributed by atoms with Gasteiger partial charge in [-0.15, -0.1) is 0 Å². The van der Waals surface area contributed by atoms with E-state index in [-0.39, 0.29) is 17.5 Å². The van der Waals surface area contributed by atoms with Crippen LogP contribution < -0.4 is 0 Å². The molecule has 0 spiro atoms. The first-order valence-electron chi connectivity index (χ1n) is 6.49. The van der Waals surface area contributed by atoms with E-state index in [1.807, 2.05) is 7.05 Å². The minimum atomic E-state index is -3.03. The van der Waals surface area contributed by atoms with Crippen LogP contribution in [0.4, 0.5) is 0 Å². The lowest BCUT2D eigenvalue weighted by molar-refractivity contribution is 0.0556. The lowest BCUT2D eigenvalue weighted by Crippen LogP contribution is -2.47. The zero-order chi connectivity index (χ0) is 12.6. The van der Waals surface area contributed by atoms with Crippen molar-refractivity contribution in [2.24, 2.45) is 5.92 Å². The van der Waals surface area contributed by atoms with Crippen LogP contribution in [0.15, 0.2) is 0 Å². The average Bonchev–Trinajstić information content (AvgIpc) is 2.52. The van der Waals surface area contributed by atoms with Gasteiger partial charge in [-0.3, -0.25) is 4.90 Å². The van der Waals surface area contributed by atoms with Crippen molar-refractivity contribution in [1.29, 1.82) is 0 Å². The second kappa shape index (κ2) is 4.86. The Bertz CT molecular complexity index is 360. The SMILES string of the molecule is CC1CCC(N(C)C2CS(=O)(=O)CC2O)CC1. The van der Waals surface area contributed by atoms with Crippen LogP contribution in [-0.2, 0) is 9.84 Å². The summed E-state index contributed by atoms with van der Waals surface area (Å²) in [6.07, 6.45) is 3.97. The van der Waals surface area contributed by atoms with Gasteiger partial charge in [-0.05, 0) is 38.6 Å². The van der Waals surface area contributed by atoms with Crippen molar-refractivity contribution in [3.8, 4) is 0 Å². The molecule has 100 valence electrons. The predicted octanol–water partition coefficient (Wildman–Crippen LogP) is 0.655. The maximum absolute atomic E-state index is 11.5. The van der Waals surface area contributed by atoms with E-state index in [1.165, 1.54) is 12.8 Å². The zero-order valence-corrected chi connectivity index (χ0v) is 11.5. The monoisotopic (exact) mass is 261 g/mol. The van der Waals surface area contributed by atoms with Gasteiger partial charge in [-0.2, -0.15) is 0 Å². The molecule has 4 nitrogen and oxygen atoms in total. The number of rotatable bonds is 2. The topological polar surface area (TPSA) is 57.6 Å². The molecule has 0 radical (unpaired) electrons. The molecule has 2 rings (SSSR count). The first-order valence-corrected chi connectivity index (χ1v) is 8.31. The number of likely N-dealkylation sites (N-methyl/N-ethyl adjacent to an activating group) is 1. The van der Waals surface area contributed by atoms with Gasteiger partial charge in [-0.1, -0.05) is 6.92 Å². The van der Waals surface area contributed by atoms with Gasteiger partial charge >= 0.3 is 0 Å². The van der Waals surface area contributed by atoms with Crippen LogP contribution in [0.5, 0.6) is 0 Å². The minimum absolute atomic E-state index is 0.0644. The Kier molecular flexibility index (Phi) is 3.80. The van der Waals surface area contributed by atoms with Gasteiger partial charge in [0, 0.05) is 6.04 Å². The highest BCUT2D eigenvalue weighted by molar-refractivity contribution is 7.91. The normalized spacial score (nSPS) is 41.9. The molecule has 1 aliphatic carbocycles. The Hall–Kier alpha value is -0.130. The van der Waals surface area contributed by atoms with E-state index < -0.39 is 15.9 Å². The summed E-state index contributed by atoms with van der Waals surface area (Å²) in [6, 6.07) is 0.248. The van der Waals surface area contributed by atoms with Gasteiger partial charge in [0.15, 0.2) is 9.84 Å². The van der Waals surface area contributed by atoms with Crippen LogP contribution >= 0.6 is 0 Å². The highest BCUT2D eigenvalue weighted by atomic mass is 32.2. The summed E-state index contributed by atoms with van der Waals surface area (Å²) in [5.74, 6) is 0.846.